The third-order valence-electron chi connectivity index (χ3n) is 4.73. The third-order valence-corrected chi connectivity index (χ3v) is 4.73. The van der Waals surface area contributed by atoms with E-state index < -0.39 is 0 Å². The number of hydrogen-bond donors (Lipinski definition) is 2. The molecule has 0 atom stereocenters. The zero-order chi connectivity index (χ0) is 17.4. The van der Waals surface area contributed by atoms with Crippen molar-refractivity contribution in [3.05, 3.63) is 59.7 Å². The Morgan fingerprint density at radius 2 is 1.46 bits per heavy atom. The molecule has 0 spiro atoms. The molecule has 0 saturated carbocycles. The Morgan fingerprint density at radius 3 is 2.12 bits per heavy atom. The lowest BCUT2D eigenvalue weighted by atomic mass is 9.84. The smallest absolute Gasteiger partial charge is 0.0452 e. The van der Waals surface area contributed by atoms with E-state index in [1.807, 2.05) is 0 Å². The lowest BCUT2D eigenvalue weighted by Gasteiger charge is -2.23. The van der Waals surface area contributed by atoms with Gasteiger partial charge in [0.2, 0.25) is 0 Å². The average molecular weight is 318 g/mol. The van der Waals surface area contributed by atoms with Crippen molar-refractivity contribution < 1.29 is 0 Å². The van der Waals surface area contributed by atoms with Gasteiger partial charge >= 0.3 is 0 Å². The molecule has 2 heteroatoms. The molecule has 0 aliphatic heterocycles. The van der Waals surface area contributed by atoms with Gasteiger partial charge in [-0.2, -0.15) is 0 Å². The molecule has 0 aliphatic rings. The van der Waals surface area contributed by atoms with Gasteiger partial charge in [0.25, 0.3) is 0 Å². The molecule has 124 valence electrons. The minimum absolute atomic E-state index is 0.358. The second-order valence-corrected chi connectivity index (χ2v) is 7.09. The van der Waals surface area contributed by atoms with Crippen LogP contribution in [0, 0.1) is 0 Å². The highest BCUT2D eigenvalue weighted by molar-refractivity contribution is 6.03. The van der Waals surface area contributed by atoms with E-state index in [4.69, 9.17) is 11.5 Å². The highest BCUT2D eigenvalue weighted by Crippen LogP contribution is 2.43. The summed E-state index contributed by atoms with van der Waals surface area (Å²) in [7, 11) is 0. The molecule has 4 N–H and O–H groups in total. The topological polar surface area (TPSA) is 52.0 Å². The van der Waals surface area contributed by atoms with Crippen molar-refractivity contribution >= 4 is 22.1 Å². The van der Waals surface area contributed by atoms with E-state index in [2.05, 4.69) is 76.2 Å². The van der Waals surface area contributed by atoms with E-state index in [0.29, 0.717) is 11.8 Å². The van der Waals surface area contributed by atoms with E-state index in [-0.39, 0.29) is 0 Å². The highest BCUT2D eigenvalue weighted by Gasteiger charge is 2.20. The minimum Gasteiger partial charge on any atom is -0.398 e. The summed E-state index contributed by atoms with van der Waals surface area (Å²) < 4.78 is 0. The van der Waals surface area contributed by atoms with Crippen molar-refractivity contribution in [1.29, 1.82) is 0 Å². The fourth-order valence-electron chi connectivity index (χ4n) is 3.63. The van der Waals surface area contributed by atoms with Gasteiger partial charge in [-0.3, -0.25) is 0 Å². The number of benzene rings is 3. The fraction of sp³-hybridized carbons (Fsp3) is 0.273. The van der Waals surface area contributed by atoms with E-state index in [1.54, 1.807) is 0 Å². The first-order valence-corrected chi connectivity index (χ1v) is 8.61. The van der Waals surface area contributed by atoms with Crippen LogP contribution in [0.5, 0.6) is 0 Å². The molecule has 0 unspecified atom stereocenters. The molecule has 0 radical (unpaired) electrons. The summed E-state index contributed by atoms with van der Waals surface area (Å²) in [4.78, 5) is 0. The van der Waals surface area contributed by atoms with Crippen molar-refractivity contribution in [3.63, 3.8) is 0 Å². The number of nitrogen functional groups attached to an aromatic ring is 2. The SMILES string of the molecule is CC(C)c1cc(N)c(-c2cccc3ccccc23)c(N)c1C(C)C. The van der Waals surface area contributed by atoms with Crippen LogP contribution in [0.25, 0.3) is 21.9 Å². The quantitative estimate of drug-likeness (QED) is 0.589. The largest absolute Gasteiger partial charge is 0.398 e. The summed E-state index contributed by atoms with van der Waals surface area (Å²) in [6.07, 6.45) is 0. The first-order valence-electron chi connectivity index (χ1n) is 8.61. The minimum atomic E-state index is 0.358. The molecule has 0 saturated heterocycles. The number of rotatable bonds is 3. The van der Waals surface area contributed by atoms with Gasteiger partial charge in [0, 0.05) is 16.9 Å². The fourth-order valence-corrected chi connectivity index (χ4v) is 3.63. The van der Waals surface area contributed by atoms with Crippen LogP contribution in [-0.2, 0) is 0 Å². The van der Waals surface area contributed by atoms with Gasteiger partial charge in [0.05, 0.1) is 0 Å². The van der Waals surface area contributed by atoms with Gasteiger partial charge in [-0.1, -0.05) is 70.2 Å². The number of hydrogen-bond acceptors (Lipinski definition) is 2. The Labute approximate surface area is 144 Å². The summed E-state index contributed by atoms with van der Waals surface area (Å²) in [5.41, 5.74) is 19.3. The van der Waals surface area contributed by atoms with Crippen molar-refractivity contribution in [2.45, 2.75) is 39.5 Å². The molecule has 0 aromatic heterocycles. The van der Waals surface area contributed by atoms with Crippen molar-refractivity contribution in [2.75, 3.05) is 11.5 Å². The normalized spacial score (nSPS) is 11.6. The summed E-state index contributed by atoms with van der Waals surface area (Å²) >= 11 is 0. The predicted octanol–water partition coefficient (Wildman–Crippen LogP) is 5.92. The Hall–Kier alpha value is -2.48. The second kappa shape index (κ2) is 6.20. The molecule has 3 aromatic rings. The van der Waals surface area contributed by atoms with Crippen molar-refractivity contribution in [3.8, 4) is 11.1 Å². The maximum atomic E-state index is 6.67. The summed E-state index contributed by atoms with van der Waals surface area (Å²) in [6.45, 7) is 8.77. The molecule has 0 heterocycles. The van der Waals surface area contributed by atoms with Crippen molar-refractivity contribution in [1.82, 2.24) is 0 Å². The van der Waals surface area contributed by atoms with Gasteiger partial charge < -0.3 is 11.5 Å². The standard InChI is InChI=1S/C22H26N2/c1-13(2)18-12-19(23)21(22(24)20(18)14(3)4)17-11-7-9-15-8-5-6-10-16(15)17/h5-14H,23-24H2,1-4H3. The predicted molar refractivity (Wildman–Crippen MR) is 106 cm³/mol. The second-order valence-electron chi connectivity index (χ2n) is 7.09. The monoisotopic (exact) mass is 318 g/mol. The van der Waals surface area contributed by atoms with Crippen LogP contribution in [0.4, 0.5) is 11.4 Å². The van der Waals surface area contributed by atoms with Crippen LogP contribution in [0.2, 0.25) is 0 Å². The molecule has 0 bridgehead atoms. The van der Waals surface area contributed by atoms with E-state index in [0.717, 1.165) is 22.5 Å². The van der Waals surface area contributed by atoms with Gasteiger partial charge in [-0.15, -0.1) is 0 Å². The molecular weight excluding hydrogens is 292 g/mol. The highest BCUT2D eigenvalue weighted by atomic mass is 14.6. The van der Waals surface area contributed by atoms with E-state index in [9.17, 15) is 0 Å². The molecular formula is C22H26N2. The lowest BCUT2D eigenvalue weighted by Crippen LogP contribution is -2.08. The summed E-state index contributed by atoms with van der Waals surface area (Å²) in [6, 6.07) is 16.8. The first kappa shape index (κ1) is 16.4. The van der Waals surface area contributed by atoms with Gasteiger partial charge in [0.1, 0.15) is 0 Å². The Bertz CT molecular complexity index is 887. The Kier molecular flexibility index (Phi) is 4.23. The van der Waals surface area contributed by atoms with E-state index in [1.165, 1.54) is 21.9 Å². The van der Waals surface area contributed by atoms with Crippen LogP contribution in [0.1, 0.15) is 50.7 Å². The molecule has 24 heavy (non-hydrogen) atoms. The number of fused-ring (bicyclic) bond motifs is 1. The summed E-state index contributed by atoms with van der Waals surface area (Å²) in [5.74, 6) is 0.755. The third kappa shape index (κ3) is 2.62. The zero-order valence-electron chi connectivity index (χ0n) is 14.9. The number of nitrogens with two attached hydrogens (primary N) is 2. The first-order chi connectivity index (χ1) is 11.4. The van der Waals surface area contributed by atoms with Crippen LogP contribution in [0.3, 0.4) is 0 Å². The van der Waals surface area contributed by atoms with Crippen LogP contribution in [0.15, 0.2) is 48.5 Å². The molecule has 3 aromatic carbocycles. The van der Waals surface area contributed by atoms with Crippen LogP contribution < -0.4 is 11.5 Å². The van der Waals surface area contributed by atoms with Crippen LogP contribution in [-0.4, -0.2) is 0 Å². The lowest BCUT2D eigenvalue weighted by molar-refractivity contribution is 0.794. The van der Waals surface area contributed by atoms with Crippen molar-refractivity contribution in [2.24, 2.45) is 0 Å². The zero-order valence-corrected chi connectivity index (χ0v) is 14.9. The molecule has 3 rings (SSSR count). The number of anilines is 2. The van der Waals surface area contributed by atoms with Gasteiger partial charge in [-0.05, 0) is 45.4 Å². The molecule has 0 amide bonds. The molecule has 0 aliphatic carbocycles. The molecule has 2 nitrogen and oxygen atoms in total. The average Bonchev–Trinajstić information content (AvgIpc) is 2.54. The van der Waals surface area contributed by atoms with Crippen LogP contribution >= 0.6 is 0 Å². The maximum Gasteiger partial charge on any atom is 0.0452 e. The maximum absolute atomic E-state index is 6.67. The Morgan fingerprint density at radius 1 is 0.792 bits per heavy atom. The van der Waals surface area contributed by atoms with E-state index >= 15 is 0 Å². The molecule has 0 fully saturated rings. The summed E-state index contributed by atoms with van der Waals surface area (Å²) in [5, 5.41) is 2.39. The van der Waals surface area contributed by atoms with Gasteiger partial charge in [0.15, 0.2) is 0 Å². The Balaban J connectivity index is 2.38. The van der Waals surface area contributed by atoms with Gasteiger partial charge in [-0.25, -0.2) is 0 Å².